The van der Waals surface area contributed by atoms with E-state index in [1.807, 2.05) is 42.6 Å². The molecule has 1 unspecified atom stereocenters. The molecule has 1 aliphatic rings. The predicted molar refractivity (Wildman–Crippen MR) is 101 cm³/mol. The van der Waals surface area contributed by atoms with E-state index < -0.39 is 0 Å². The van der Waals surface area contributed by atoms with E-state index in [2.05, 4.69) is 15.6 Å². The number of rotatable bonds is 6. The third kappa shape index (κ3) is 3.36. The monoisotopic (exact) mass is 366 g/mol. The van der Waals surface area contributed by atoms with E-state index in [1.54, 1.807) is 13.3 Å². The van der Waals surface area contributed by atoms with Crippen molar-refractivity contribution in [2.24, 2.45) is 0 Å². The number of fused-ring (bicyclic) bond motifs is 1. The molecule has 0 aliphatic carbocycles. The second-order valence-corrected chi connectivity index (χ2v) is 6.34. The van der Waals surface area contributed by atoms with E-state index in [4.69, 9.17) is 19.3 Å². The first-order valence-corrected chi connectivity index (χ1v) is 8.96. The molecule has 1 aromatic heterocycles. The van der Waals surface area contributed by atoms with Crippen molar-refractivity contribution >= 4 is 0 Å². The molecular formula is C21H22N2O4. The fourth-order valence-electron chi connectivity index (χ4n) is 3.47. The summed E-state index contributed by atoms with van der Waals surface area (Å²) in [4.78, 5) is 4.56. The van der Waals surface area contributed by atoms with Gasteiger partial charge in [0.2, 0.25) is 0 Å². The number of imidazole rings is 1. The van der Waals surface area contributed by atoms with Gasteiger partial charge in [0.05, 0.1) is 25.3 Å². The molecule has 0 radical (unpaired) electrons. The molecule has 6 nitrogen and oxygen atoms in total. The Morgan fingerprint density at radius 3 is 2.89 bits per heavy atom. The summed E-state index contributed by atoms with van der Waals surface area (Å²) in [5.74, 6) is 3.12. The Kier molecular flexibility index (Phi) is 4.98. The van der Waals surface area contributed by atoms with Gasteiger partial charge in [-0.2, -0.15) is 0 Å². The second-order valence-electron chi connectivity index (χ2n) is 6.34. The van der Waals surface area contributed by atoms with E-state index in [-0.39, 0.29) is 19.3 Å². The summed E-state index contributed by atoms with van der Waals surface area (Å²) >= 11 is 0. The van der Waals surface area contributed by atoms with Crippen LogP contribution in [0.3, 0.4) is 0 Å². The molecule has 1 atom stereocenters. The molecule has 6 heteroatoms. The molecule has 27 heavy (non-hydrogen) atoms. The molecule has 4 rings (SSSR count). The Morgan fingerprint density at radius 2 is 2.04 bits per heavy atom. The molecule has 0 saturated heterocycles. The Labute approximate surface area is 158 Å². The van der Waals surface area contributed by atoms with Crippen LogP contribution in [0.2, 0.25) is 0 Å². The van der Waals surface area contributed by atoms with Crippen molar-refractivity contribution in [1.82, 2.24) is 9.55 Å². The lowest BCUT2D eigenvalue weighted by atomic mass is 10.0. The fraction of sp³-hybridized carbons (Fsp3) is 0.286. The highest BCUT2D eigenvalue weighted by atomic mass is 16.5. The molecule has 0 fully saturated rings. The van der Waals surface area contributed by atoms with Crippen molar-refractivity contribution in [3.05, 3.63) is 60.4 Å². The van der Waals surface area contributed by atoms with Gasteiger partial charge in [0.1, 0.15) is 24.8 Å². The summed E-state index contributed by atoms with van der Waals surface area (Å²) in [7, 11) is 1.66. The number of hydrogen-bond donors (Lipinski definition) is 1. The minimum atomic E-state index is -0.0299. The number of methoxy groups -OCH3 is 1. The molecule has 2 aromatic carbocycles. The minimum Gasteiger partial charge on any atom is -0.493 e. The van der Waals surface area contributed by atoms with E-state index in [0.717, 1.165) is 34.9 Å². The van der Waals surface area contributed by atoms with Gasteiger partial charge in [0.15, 0.2) is 11.5 Å². The molecule has 0 amide bonds. The maximum Gasteiger partial charge on any atom is 0.164 e. The summed E-state index contributed by atoms with van der Waals surface area (Å²) < 4.78 is 19.3. The van der Waals surface area contributed by atoms with Gasteiger partial charge in [-0.15, -0.1) is 0 Å². The van der Waals surface area contributed by atoms with E-state index >= 15 is 0 Å². The zero-order chi connectivity index (χ0) is 18.6. The molecule has 1 aliphatic heterocycles. The third-order valence-electron chi connectivity index (χ3n) is 4.69. The number of ether oxygens (including phenoxy) is 3. The summed E-state index contributed by atoms with van der Waals surface area (Å²) in [6, 6.07) is 13.8. The average Bonchev–Trinajstić information content (AvgIpc) is 3.21. The van der Waals surface area contributed by atoms with Gasteiger partial charge in [-0.05, 0) is 18.2 Å². The van der Waals surface area contributed by atoms with Crippen LogP contribution in [-0.2, 0) is 6.42 Å². The molecule has 0 saturated carbocycles. The number of aliphatic hydroxyl groups is 1. The number of aliphatic hydroxyl groups excluding tert-OH is 1. The van der Waals surface area contributed by atoms with Crippen molar-refractivity contribution in [2.45, 2.75) is 12.5 Å². The third-order valence-corrected chi connectivity index (χ3v) is 4.69. The quantitative estimate of drug-likeness (QED) is 0.726. The van der Waals surface area contributed by atoms with Crippen LogP contribution in [0, 0.1) is 0 Å². The van der Waals surface area contributed by atoms with Gasteiger partial charge in [-0.3, -0.25) is 0 Å². The van der Waals surface area contributed by atoms with Gasteiger partial charge in [-0.25, -0.2) is 4.98 Å². The summed E-state index contributed by atoms with van der Waals surface area (Å²) in [5, 5.41) is 9.07. The lowest BCUT2D eigenvalue weighted by Crippen LogP contribution is -2.25. The Bertz CT molecular complexity index is 922. The highest BCUT2D eigenvalue weighted by Crippen LogP contribution is 2.39. The topological polar surface area (TPSA) is 65.7 Å². The summed E-state index contributed by atoms with van der Waals surface area (Å²) in [6.07, 6.45) is 4.59. The van der Waals surface area contributed by atoms with E-state index in [1.165, 1.54) is 0 Å². The molecule has 1 N–H and O–H groups in total. The van der Waals surface area contributed by atoms with Crippen molar-refractivity contribution in [3.8, 4) is 28.6 Å². The van der Waals surface area contributed by atoms with Crippen LogP contribution >= 0.6 is 0 Å². The predicted octanol–water partition coefficient (Wildman–Crippen LogP) is 3.11. The van der Waals surface area contributed by atoms with Crippen LogP contribution in [0.25, 0.3) is 11.4 Å². The fourth-order valence-corrected chi connectivity index (χ4v) is 3.47. The smallest absolute Gasteiger partial charge is 0.164 e. The molecule has 0 spiro atoms. The molecule has 140 valence electrons. The summed E-state index contributed by atoms with van der Waals surface area (Å²) in [5.41, 5.74) is 2.02. The van der Waals surface area contributed by atoms with Gasteiger partial charge >= 0.3 is 0 Å². The zero-order valence-corrected chi connectivity index (χ0v) is 15.2. The average molecular weight is 366 g/mol. The number of nitrogens with zero attached hydrogens (tertiary/aromatic N) is 2. The van der Waals surface area contributed by atoms with Crippen molar-refractivity contribution in [3.63, 3.8) is 0 Å². The van der Waals surface area contributed by atoms with E-state index in [9.17, 15) is 0 Å². The van der Waals surface area contributed by atoms with Gasteiger partial charge < -0.3 is 23.9 Å². The lowest BCUT2D eigenvalue weighted by molar-refractivity contribution is 0.201. The maximum absolute atomic E-state index is 9.07. The minimum absolute atomic E-state index is 0.0299. The van der Waals surface area contributed by atoms with Crippen LogP contribution < -0.4 is 14.2 Å². The van der Waals surface area contributed by atoms with Crippen LogP contribution in [0.1, 0.15) is 11.6 Å². The molecule has 0 bridgehead atoms. The molecular weight excluding hydrogens is 344 g/mol. The number of benzene rings is 2. The largest absolute Gasteiger partial charge is 0.493 e. The van der Waals surface area contributed by atoms with Crippen LogP contribution in [-0.4, -0.2) is 41.6 Å². The number of aromatic nitrogens is 2. The van der Waals surface area contributed by atoms with Gasteiger partial charge in [0.25, 0.3) is 0 Å². The first kappa shape index (κ1) is 17.4. The highest BCUT2D eigenvalue weighted by Gasteiger charge is 2.26. The Morgan fingerprint density at radius 1 is 1.19 bits per heavy atom. The maximum atomic E-state index is 9.07. The lowest BCUT2D eigenvalue weighted by Gasteiger charge is -2.28. The van der Waals surface area contributed by atoms with Crippen LogP contribution in [0.5, 0.6) is 17.2 Å². The van der Waals surface area contributed by atoms with Crippen LogP contribution in [0.4, 0.5) is 0 Å². The first-order chi connectivity index (χ1) is 13.3. The Hall–Kier alpha value is -2.99. The zero-order valence-electron chi connectivity index (χ0n) is 15.2. The molecule has 2 heterocycles. The van der Waals surface area contributed by atoms with Gasteiger partial charge in [0, 0.05) is 24.4 Å². The van der Waals surface area contributed by atoms with Crippen molar-refractivity contribution in [1.29, 1.82) is 0 Å². The van der Waals surface area contributed by atoms with Crippen molar-refractivity contribution in [2.75, 3.05) is 26.9 Å². The van der Waals surface area contributed by atoms with E-state index in [0.29, 0.717) is 12.4 Å². The van der Waals surface area contributed by atoms with Gasteiger partial charge in [-0.1, -0.05) is 24.3 Å². The van der Waals surface area contributed by atoms with Crippen LogP contribution in [0.15, 0.2) is 54.9 Å². The number of hydrogen-bond acceptors (Lipinski definition) is 5. The molecule has 3 aromatic rings. The normalized spacial score (nSPS) is 15.7. The standard InChI is InChI=1S/C21H22N2O4/c1-25-19-8-4-5-15-13-16(14-27-20(15)19)23-10-9-22-21(23)17-6-2-3-7-18(17)26-12-11-24/h2-10,16,24H,11-14H2,1H3. The Balaban J connectivity index is 1.66. The first-order valence-electron chi connectivity index (χ1n) is 8.96. The summed E-state index contributed by atoms with van der Waals surface area (Å²) in [6.45, 7) is 0.756. The van der Waals surface area contributed by atoms with Crippen molar-refractivity contribution < 1.29 is 19.3 Å². The second kappa shape index (κ2) is 7.72. The number of para-hydroxylation sites is 2. The SMILES string of the molecule is COc1cccc2c1OCC(n1ccnc1-c1ccccc1OCCO)C2. The highest BCUT2D eigenvalue weighted by molar-refractivity contribution is 5.64.